The quantitative estimate of drug-likeness (QED) is 0.721. The van der Waals surface area contributed by atoms with E-state index in [1.165, 1.54) is 6.20 Å². The van der Waals surface area contributed by atoms with Crippen molar-refractivity contribution in [2.75, 3.05) is 31.3 Å². The normalized spacial score (nSPS) is 11.0. The van der Waals surface area contributed by atoms with Crippen LogP contribution in [0.2, 0.25) is 0 Å². The van der Waals surface area contributed by atoms with Gasteiger partial charge in [0, 0.05) is 24.6 Å². The molecule has 0 aliphatic heterocycles. The molecule has 1 aromatic carbocycles. The van der Waals surface area contributed by atoms with Gasteiger partial charge in [0.25, 0.3) is 5.91 Å². The third kappa shape index (κ3) is 4.29. The first-order valence-corrected chi connectivity index (χ1v) is 8.47. The third-order valence-corrected chi connectivity index (χ3v) is 4.03. The van der Waals surface area contributed by atoms with Crippen LogP contribution < -0.4 is 10.6 Å². The molecule has 140 valence electrons. The van der Waals surface area contributed by atoms with Crippen molar-refractivity contribution in [1.29, 1.82) is 0 Å². The molecule has 2 aromatic heterocycles. The molecule has 8 heteroatoms. The van der Waals surface area contributed by atoms with Gasteiger partial charge in [-0.1, -0.05) is 0 Å². The number of imidazole rings is 1. The molecule has 0 bridgehead atoms. The van der Waals surface area contributed by atoms with Crippen molar-refractivity contribution in [3.8, 4) is 0 Å². The van der Waals surface area contributed by atoms with Crippen LogP contribution in [0.4, 0.5) is 11.4 Å². The Balaban J connectivity index is 1.71. The number of fused-ring (bicyclic) bond motifs is 1. The molecule has 27 heavy (non-hydrogen) atoms. The highest BCUT2D eigenvalue weighted by Crippen LogP contribution is 2.20. The lowest BCUT2D eigenvalue weighted by molar-refractivity contribution is -0.116. The highest BCUT2D eigenvalue weighted by molar-refractivity contribution is 6.05. The molecule has 8 nitrogen and oxygen atoms in total. The number of nitrogens with one attached hydrogen (secondary N) is 2. The molecule has 3 rings (SSSR count). The summed E-state index contributed by atoms with van der Waals surface area (Å²) in [5.41, 5.74) is 4.04. The van der Waals surface area contributed by atoms with E-state index in [1.54, 1.807) is 34.0 Å². The molecule has 2 N–H and O–H groups in total. The number of aromatic nitrogens is 3. The lowest BCUT2D eigenvalue weighted by atomic mass is 10.1. The lowest BCUT2D eigenvalue weighted by Gasteiger charge is -2.13. The van der Waals surface area contributed by atoms with E-state index in [4.69, 9.17) is 0 Å². The Labute approximate surface area is 157 Å². The maximum absolute atomic E-state index is 12.5. The summed E-state index contributed by atoms with van der Waals surface area (Å²) in [5.74, 6) is -0.353. The van der Waals surface area contributed by atoms with Crippen molar-refractivity contribution in [3.05, 3.63) is 47.9 Å². The smallest absolute Gasteiger partial charge is 0.257 e. The molecule has 0 saturated carbocycles. The van der Waals surface area contributed by atoms with Crippen LogP contribution in [0.25, 0.3) is 11.2 Å². The Bertz CT molecular complexity index is 1010. The van der Waals surface area contributed by atoms with E-state index < -0.39 is 0 Å². The largest absolute Gasteiger partial charge is 0.325 e. The van der Waals surface area contributed by atoms with Crippen molar-refractivity contribution >= 4 is 34.4 Å². The number of anilines is 2. The molecule has 0 aliphatic carbocycles. The van der Waals surface area contributed by atoms with E-state index >= 15 is 0 Å². The number of hydrogen-bond acceptors (Lipinski definition) is 5. The molecule has 0 atom stereocenters. The number of nitrogens with zero attached hydrogens (tertiary/aromatic N) is 4. The summed E-state index contributed by atoms with van der Waals surface area (Å²) in [7, 11) is 5.52. The molecule has 0 aliphatic rings. The first kappa shape index (κ1) is 18.5. The Hall–Kier alpha value is -3.26. The van der Waals surface area contributed by atoms with E-state index in [0.717, 1.165) is 16.9 Å². The summed E-state index contributed by atoms with van der Waals surface area (Å²) in [4.78, 5) is 34.7. The summed E-state index contributed by atoms with van der Waals surface area (Å²) in [6.07, 6.45) is 3.19. The van der Waals surface area contributed by atoms with Gasteiger partial charge in [-0.05, 0) is 50.8 Å². The van der Waals surface area contributed by atoms with E-state index in [0.29, 0.717) is 23.3 Å². The molecular formula is C19H22N6O2. The minimum Gasteiger partial charge on any atom is -0.325 e. The Kier molecular flexibility index (Phi) is 5.18. The van der Waals surface area contributed by atoms with Crippen LogP contribution in [0, 0.1) is 6.92 Å². The van der Waals surface area contributed by atoms with Crippen LogP contribution in [-0.4, -0.2) is 51.9 Å². The molecule has 0 spiro atoms. The number of hydrogen-bond donors (Lipinski definition) is 2. The van der Waals surface area contributed by atoms with E-state index in [1.807, 2.05) is 34.1 Å². The van der Waals surface area contributed by atoms with Gasteiger partial charge in [-0.25, -0.2) is 9.97 Å². The van der Waals surface area contributed by atoms with Crippen LogP contribution >= 0.6 is 0 Å². The van der Waals surface area contributed by atoms with Gasteiger partial charge in [0.05, 0.1) is 18.4 Å². The molecule has 2 amide bonds. The SMILES string of the molecule is Cc1cc(NC(=O)c2cnc3c(c2)ncn3C)ccc1NC(=O)CN(C)C. The summed E-state index contributed by atoms with van der Waals surface area (Å²) in [6, 6.07) is 7.05. The number of rotatable bonds is 5. The highest BCUT2D eigenvalue weighted by atomic mass is 16.2. The average Bonchev–Trinajstić information content (AvgIpc) is 2.97. The zero-order chi connectivity index (χ0) is 19.6. The van der Waals surface area contributed by atoms with Crippen molar-refractivity contribution in [1.82, 2.24) is 19.4 Å². The maximum Gasteiger partial charge on any atom is 0.257 e. The van der Waals surface area contributed by atoms with Gasteiger partial charge < -0.3 is 20.1 Å². The summed E-state index contributed by atoms with van der Waals surface area (Å²) in [5, 5.41) is 5.71. The van der Waals surface area contributed by atoms with Gasteiger partial charge in [-0.2, -0.15) is 0 Å². The number of carbonyl (C=O) groups excluding carboxylic acids is 2. The van der Waals surface area contributed by atoms with Crippen LogP contribution in [0.1, 0.15) is 15.9 Å². The molecule has 0 radical (unpaired) electrons. The average molecular weight is 366 g/mol. The fourth-order valence-electron chi connectivity index (χ4n) is 2.70. The van der Waals surface area contributed by atoms with Gasteiger partial charge >= 0.3 is 0 Å². The van der Waals surface area contributed by atoms with Crippen molar-refractivity contribution < 1.29 is 9.59 Å². The number of carbonyl (C=O) groups is 2. The molecule has 2 heterocycles. The van der Waals surface area contributed by atoms with E-state index in [9.17, 15) is 9.59 Å². The molecule has 3 aromatic rings. The molecular weight excluding hydrogens is 344 g/mol. The summed E-state index contributed by atoms with van der Waals surface area (Å²) in [6.45, 7) is 2.18. The fourth-order valence-corrected chi connectivity index (χ4v) is 2.70. The predicted octanol–water partition coefficient (Wildman–Crippen LogP) is 2.03. The number of pyridine rings is 1. The fraction of sp³-hybridized carbons (Fsp3) is 0.263. The maximum atomic E-state index is 12.5. The van der Waals surface area contributed by atoms with E-state index in [-0.39, 0.29) is 11.8 Å². The first-order valence-electron chi connectivity index (χ1n) is 8.47. The zero-order valence-electron chi connectivity index (χ0n) is 15.8. The number of benzene rings is 1. The van der Waals surface area contributed by atoms with Crippen molar-refractivity contribution in [3.63, 3.8) is 0 Å². The van der Waals surface area contributed by atoms with E-state index in [2.05, 4.69) is 20.6 Å². The predicted molar refractivity (Wildman–Crippen MR) is 105 cm³/mol. The molecule has 0 fully saturated rings. The Morgan fingerprint density at radius 1 is 1.15 bits per heavy atom. The lowest BCUT2D eigenvalue weighted by Crippen LogP contribution is -2.27. The highest BCUT2D eigenvalue weighted by Gasteiger charge is 2.11. The number of likely N-dealkylation sites (N-methyl/N-ethyl adjacent to an activating group) is 1. The first-order chi connectivity index (χ1) is 12.8. The molecule has 0 saturated heterocycles. The van der Waals surface area contributed by atoms with Gasteiger partial charge in [0.1, 0.15) is 5.52 Å². The van der Waals surface area contributed by atoms with Gasteiger partial charge in [-0.15, -0.1) is 0 Å². The zero-order valence-corrected chi connectivity index (χ0v) is 15.8. The minimum atomic E-state index is -0.265. The van der Waals surface area contributed by atoms with Crippen molar-refractivity contribution in [2.45, 2.75) is 6.92 Å². The van der Waals surface area contributed by atoms with Crippen molar-refractivity contribution in [2.24, 2.45) is 7.05 Å². The van der Waals surface area contributed by atoms with Crippen LogP contribution in [-0.2, 0) is 11.8 Å². The minimum absolute atomic E-state index is 0.0883. The Morgan fingerprint density at radius 3 is 2.63 bits per heavy atom. The van der Waals surface area contributed by atoms with Crippen LogP contribution in [0.15, 0.2) is 36.8 Å². The standard InChI is InChI=1S/C19H22N6O2/c1-12-7-14(5-6-15(12)23-17(26)10-24(2)3)22-19(27)13-8-16-18(20-9-13)25(4)11-21-16/h5-9,11H,10H2,1-4H3,(H,22,27)(H,23,26). The summed E-state index contributed by atoms with van der Waals surface area (Å²) >= 11 is 0. The number of amides is 2. The summed E-state index contributed by atoms with van der Waals surface area (Å²) < 4.78 is 1.80. The number of aryl methyl sites for hydroxylation is 2. The topological polar surface area (TPSA) is 92.1 Å². The van der Waals surface area contributed by atoms with Gasteiger partial charge in [-0.3, -0.25) is 9.59 Å². The Morgan fingerprint density at radius 2 is 1.93 bits per heavy atom. The second-order valence-corrected chi connectivity index (χ2v) is 6.69. The third-order valence-electron chi connectivity index (χ3n) is 4.03. The van der Waals surface area contributed by atoms with Gasteiger partial charge in [0.15, 0.2) is 5.65 Å². The van der Waals surface area contributed by atoms with Crippen LogP contribution in [0.5, 0.6) is 0 Å². The monoisotopic (exact) mass is 366 g/mol. The molecule has 0 unspecified atom stereocenters. The van der Waals surface area contributed by atoms with Gasteiger partial charge in [0.2, 0.25) is 5.91 Å². The van der Waals surface area contributed by atoms with Crippen LogP contribution in [0.3, 0.4) is 0 Å². The second-order valence-electron chi connectivity index (χ2n) is 6.69. The second kappa shape index (κ2) is 7.55.